The number of hydrogen-bond acceptors (Lipinski definition) is 4. The fourth-order valence-electron chi connectivity index (χ4n) is 2.86. The largest absolute Gasteiger partial charge is 0.340 e. The highest BCUT2D eigenvalue weighted by atomic mass is 32.2. The smallest absolute Gasteiger partial charge is 0.216 e. The Morgan fingerprint density at radius 2 is 1.73 bits per heavy atom. The van der Waals surface area contributed by atoms with Gasteiger partial charge in [0.25, 0.3) is 0 Å². The fourth-order valence-corrected chi connectivity index (χ4v) is 4.12. The second-order valence-corrected chi connectivity index (χ2v) is 8.43. The number of nitrogens with zero attached hydrogens (tertiary/aromatic N) is 4. The van der Waals surface area contributed by atoms with Gasteiger partial charge < -0.3 is 9.47 Å². The first-order valence-electron chi connectivity index (χ1n) is 7.56. The topological polar surface area (TPSA) is 58.4 Å². The zero-order chi connectivity index (χ0) is 15.9. The van der Waals surface area contributed by atoms with Crippen LogP contribution in [0.15, 0.2) is 24.3 Å². The van der Waals surface area contributed by atoms with Crippen molar-refractivity contribution in [1.82, 2.24) is 13.9 Å². The monoisotopic (exact) mass is 322 g/mol. The van der Waals surface area contributed by atoms with Crippen LogP contribution >= 0.6 is 0 Å². The number of anilines is 1. The predicted octanol–water partition coefficient (Wildman–Crippen LogP) is 1.43. The number of rotatable bonds is 3. The van der Waals surface area contributed by atoms with Gasteiger partial charge in [-0.25, -0.2) is 13.4 Å². The van der Waals surface area contributed by atoms with Crippen molar-refractivity contribution in [2.75, 3.05) is 31.1 Å². The number of aromatic nitrogens is 2. The molecule has 2 aromatic rings. The lowest BCUT2D eigenvalue weighted by molar-refractivity contribution is 0.378. The lowest BCUT2D eigenvalue weighted by Gasteiger charge is -2.35. The first kappa shape index (κ1) is 15.3. The average molecular weight is 322 g/mol. The molecule has 0 N–H and O–H groups in total. The molecule has 0 saturated carbocycles. The molecule has 2 heterocycles. The summed E-state index contributed by atoms with van der Waals surface area (Å²) in [5.74, 6) is 0.905. The number of aryl methyl sites for hydroxylation is 1. The molecule has 1 aliphatic rings. The Morgan fingerprint density at radius 3 is 2.32 bits per heavy atom. The van der Waals surface area contributed by atoms with Crippen molar-refractivity contribution in [2.45, 2.75) is 19.1 Å². The molecule has 0 bridgehead atoms. The molecule has 0 unspecified atom stereocenters. The minimum absolute atomic E-state index is 0.366. The number of fused-ring (bicyclic) bond motifs is 1. The van der Waals surface area contributed by atoms with Gasteiger partial charge in [0, 0.05) is 33.2 Å². The van der Waals surface area contributed by atoms with Gasteiger partial charge in [-0.1, -0.05) is 12.1 Å². The van der Waals surface area contributed by atoms with Crippen LogP contribution in [0.3, 0.4) is 0 Å². The Bertz CT molecular complexity index is 774. The Hall–Kier alpha value is -1.60. The third-order valence-electron chi connectivity index (χ3n) is 4.24. The zero-order valence-corrected chi connectivity index (χ0v) is 14.0. The number of piperazine rings is 1. The minimum atomic E-state index is -3.16. The molecule has 7 heteroatoms. The molecular weight excluding hydrogens is 300 g/mol. The molecule has 3 rings (SSSR count). The van der Waals surface area contributed by atoms with Crippen molar-refractivity contribution in [3.05, 3.63) is 24.3 Å². The first-order chi connectivity index (χ1) is 10.4. The maximum atomic E-state index is 12.2. The van der Waals surface area contributed by atoms with Crippen LogP contribution in [0.25, 0.3) is 11.0 Å². The second-order valence-electron chi connectivity index (χ2n) is 5.94. The van der Waals surface area contributed by atoms with E-state index >= 15 is 0 Å². The molecule has 0 amide bonds. The third-order valence-corrected chi connectivity index (χ3v) is 6.52. The van der Waals surface area contributed by atoms with E-state index in [1.807, 2.05) is 31.3 Å². The van der Waals surface area contributed by atoms with Gasteiger partial charge >= 0.3 is 0 Å². The lowest BCUT2D eigenvalue weighted by atomic mass is 10.3. The van der Waals surface area contributed by atoms with Crippen LogP contribution in [-0.4, -0.2) is 53.7 Å². The molecule has 0 radical (unpaired) electrons. The van der Waals surface area contributed by atoms with Crippen molar-refractivity contribution in [2.24, 2.45) is 7.05 Å². The zero-order valence-electron chi connectivity index (χ0n) is 13.2. The van der Waals surface area contributed by atoms with Gasteiger partial charge in [0.05, 0.1) is 16.3 Å². The highest BCUT2D eigenvalue weighted by Gasteiger charge is 2.30. The SMILES string of the molecule is CC(C)S(=O)(=O)N1CCN(c2nc3ccccc3n2C)CC1. The highest BCUT2D eigenvalue weighted by Crippen LogP contribution is 2.23. The summed E-state index contributed by atoms with van der Waals surface area (Å²) in [6.45, 7) is 5.83. The number of imidazole rings is 1. The van der Waals surface area contributed by atoms with Gasteiger partial charge in [-0.15, -0.1) is 0 Å². The molecule has 1 aromatic heterocycles. The van der Waals surface area contributed by atoms with Gasteiger partial charge in [0.1, 0.15) is 0 Å². The van der Waals surface area contributed by atoms with E-state index in [-0.39, 0.29) is 5.25 Å². The number of hydrogen-bond donors (Lipinski definition) is 0. The van der Waals surface area contributed by atoms with Crippen LogP contribution in [0.4, 0.5) is 5.95 Å². The predicted molar refractivity (Wildman–Crippen MR) is 88.6 cm³/mol. The molecule has 0 spiro atoms. The minimum Gasteiger partial charge on any atom is -0.340 e. The summed E-state index contributed by atoms with van der Waals surface area (Å²) in [6, 6.07) is 8.02. The second kappa shape index (κ2) is 5.55. The summed E-state index contributed by atoms with van der Waals surface area (Å²) in [5.41, 5.74) is 2.06. The van der Waals surface area contributed by atoms with Crippen LogP contribution < -0.4 is 4.90 Å². The molecular formula is C15H22N4O2S. The maximum absolute atomic E-state index is 12.2. The summed E-state index contributed by atoms with van der Waals surface area (Å²) in [7, 11) is -1.16. The molecule has 1 aromatic carbocycles. The van der Waals surface area contributed by atoms with Gasteiger partial charge in [-0.3, -0.25) is 0 Å². The molecule has 0 atom stereocenters. The van der Waals surface area contributed by atoms with Crippen molar-refractivity contribution in [3.63, 3.8) is 0 Å². The number of para-hydroxylation sites is 2. The molecule has 1 saturated heterocycles. The van der Waals surface area contributed by atoms with Crippen molar-refractivity contribution < 1.29 is 8.42 Å². The van der Waals surface area contributed by atoms with E-state index in [1.54, 1.807) is 18.2 Å². The summed E-state index contributed by atoms with van der Waals surface area (Å²) >= 11 is 0. The van der Waals surface area contributed by atoms with Crippen LogP contribution in [-0.2, 0) is 17.1 Å². The molecule has 120 valence electrons. The van der Waals surface area contributed by atoms with Gasteiger partial charge in [0.15, 0.2) is 0 Å². The van der Waals surface area contributed by atoms with E-state index < -0.39 is 10.0 Å². The lowest BCUT2D eigenvalue weighted by Crippen LogP contribution is -2.51. The standard InChI is InChI=1S/C15H22N4O2S/c1-12(2)22(20,21)19-10-8-18(9-11-19)15-16-13-6-4-5-7-14(13)17(15)3/h4-7,12H,8-11H2,1-3H3. The van der Waals surface area contributed by atoms with E-state index in [0.29, 0.717) is 26.2 Å². The van der Waals surface area contributed by atoms with Crippen molar-refractivity contribution in [1.29, 1.82) is 0 Å². The summed E-state index contributed by atoms with van der Waals surface area (Å²) in [6.07, 6.45) is 0. The summed E-state index contributed by atoms with van der Waals surface area (Å²) < 4.78 is 28.1. The van der Waals surface area contributed by atoms with Crippen LogP contribution in [0.2, 0.25) is 0 Å². The first-order valence-corrected chi connectivity index (χ1v) is 9.07. The number of benzene rings is 1. The van der Waals surface area contributed by atoms with E-state index in [0.717, 1.165) is 17.0 Å². The molecule has 1 aliphatic heterocycles. The fraction of sp³-hybridized carbons (Fsp3) is 0.533. The van der Waals surface area contributed by atoms with Crippen LogP contribution in [0.1, 0.15) is 13.8 Å². The molecule has 1 fully saturated rings. The summed E-state index contributed by atoms with van der Waals surface area (Å²) in [4.78, 5) is 6.84. The van der Waals surface area contributed by atoms with E-state index in [9.17, 15) is 8.42 Å². The summed E-state index contributed by atoms with van der Waals surface area (Å²) in [5, 5.41) is -0.366. The van der Waals surface area contributed by atoms with Gasteiger partial charge in [-0.05, 0) is 26.0 Å². The quantitative estimate of drug-likeness (QED) is 0.858. The number of sulfonamides is 1. The average Bonchev–Trinajstić information content (AvgIpc) is 2.85. The van der Waals surface area contributed by atoms with Gasteiger partial charge in [0.2, 0.25) is 16.0 Å². The van der Waals surface area contributed by atoms with Crippen molar-refractivity contribution >= 4 is 27.0 Å². The Balaban J connectivity index is 1.80. The Labute approximate surface area is 131 Å². The molecule has 0 aliphatic carbocycles. The molecule has 6 nitrogen and oxygen atoms in total. The van der Waals surface area contributed by atoms with Gasteiger partial charge in [-0.2, -0.15) is 4.31 Å². The van der Waals surface area contributed by atoms with Crippen LogP contribution in [0, 0.1) is 0 Å². The normalized spacial score (nSPS) is 17.5. The van der Waals surface area contributed by atoms with E-state index in [2.05, 4.69) is 14.5 Å². The Kier molecular flexibility index (Phi) is 3.86. The van der Waals surface area contributed by atoms with E-state index in [1.165, 1.54) is 0 Å². The molecule has 22 heavy (non-hydrogen) atoms. The van der Waals surface area contributed by atoms with E-state index in [4.69, 9.17) is 0 Å². The highest BCUT2D eigenvalue weighted by molar-refractivity contribution is 7.89. The maximum Gasteiger partial charge on any atom is 0.216 e. The third kappa shape index (κ3) is 2.48. The Morgan fingerprint density at radius 1 is 1.09 bits per heavy atom. The van der Waals surface area contributed by atoms with Crippen molar-refractivity contribution in [3.8, 4) is 0 Å². The van der Waals surface area contributed by atoms with Crippen LogP contribution in [0.5, 0.6) is 0 Å².